The van der Waals surface area contributed by atoms with Crippen LogP contribution in [-0.2, 0) is 37.9 Å². The Bertz CT molecular complexity index is 321. The highest BCUT2D eigenvalue weighted by Gasteiger charge is 2.32. The van der Waals surface area contributed by atoms with Crippen LogP contribution in [0.2, 0.25) is 0 Å². The first kappa shape index (κ1) is 63.7. The second kappa shape index (κ2) is 52.2. The molecule has 0 radical (unpaired) electrons. The summed E-state index contributed by atoms with van der Waals surface area (Å²) in [4.78, 5) is 0. The van der Waals surface area contributed by atoms with Crippen LogP contribution in [0.25, 0.3) is 0 Å². The maximum Gasteiger partial charge on any atom is 0.0701 e. The van der Waals surface area contributed by atoms with E-state index in [1.54, 1.807) is 0 Å². The van der Waals surface area contributed by atoms with Crippen molar-refractivity contribution in [1.82, 2.24) is 0 Å². The second-order valence-corrected chi connectivity index (χ2v) is 7.31. The van der Waals surface area contributed by atoms with Crippen molar-refractivity contribution in [2.75, 3.05) is 132 Å². The molecule has 0 unspecified atom stereocenters. The lowest BCUT2D eigenvalue weighted by atomic mass is 9.92. The van der Waals surface area contributed by atoms with Crippen LogP contribution in [-0.4, -0.2) is 132 Å². The molecule has 0 aromatic rings. The van der Waals surface area contributed by atoms with Gasteiger partial charge in [0.25, 0.3) is 0 Å². The van der Waals surface area contributed by atoms with Gasteiger partial charge in [-0.2, -0.15) is 0 Å². The lowest BCUT2D eigenvalue weighted by molar-refractivity contribution is -0.121. The van der Waals surface area contributed by atoms with Gasteiger partial charge < -0.3 is 60.8 Å². The van der Waals surface area contributed by atoms with Crippen LogP contribution < -0.4 is 22.9 Å². The molecule has 0 atom stereocenters. The smallest absolute Gasteiger partial charge is 0.0701 e. The maximum absolute atomic E-state index is 5.88. The summed E-state index contributed by atoms with van der Waals surface area (Å²) in [6.45, 7) is 8.95. The van der Waals surface area contributed by atoms with E-state index in [0.717, 1.165) is 0 Å². The summed E-state index contributed by atoms with van der Waals surface area (Å²) in [5.74, 6) is 0. The lowest BCUT2D eigenvalue weighted by Gasteiger charge is -2.33. The van der Waals surface area contributed by atoms with Gasteiger partial charge in [-0.1, -0.05) is 59.4 Å². The molecule has 0 rings (SSSR count). The highest BCUT2D eigenvalue weighted by atomic mass is 16.6. The van der Waals surface area contributed by atoms with Gasteiger partial charge in [0.05, 0.1) is 111 Å². The molecular formula is C29H80N4O8. The predicted molar refractivity (Wildman–Crippen MR) is 179 cm³/mol. The van der Waals surface area contributed by atoms with Crippen LogP contribution in [0.5, 0.6) is 0 Å². The average molecular weight is 613 g/mol. The van der Waals surface area contributed by atoms with Crippen molar-refractivity contribution in [3.05, 3.63) is 0 Å². The maximum atomic E-state index is 5.88. The van der Waals surface area contributed by atoms with Crippen molar-refractivity contribution >= 4 is 0 Å². The number of hydrogen-bond donors (Lipinski definition) is 4. The van der Waals surface area contributed by atoms with Crippen LogP contribution in [0.3, 0.4) is 0 Å². The summed E-state index contributed by atoms with van der Waals surface area (Å²) in [6, 6.07) is 0. The molecule has 0 amide bonds. The molecule has 0 heterocycles. The molecule has 0 aromatic heterocycles. The SMILES string of the molecule is C.C.C.C.C.C.C.C.NCCOCCOCC(COCCOCCN)(COCCOCCN)COCCOCCN. The van der Waals surface area contributed by atoms with Crippen molar-refractivity contribution in [3.8, 4) is 0 Å². The molecule has 0 bridgehead atoms. The summed E-state index contributed by atoms with van der Waals surface area (Å²) in [7, 11) is 0. The lowest BCUT2D eigenvalue weighted by Crippen LogP contribution is -2.43. The Kier molecular flexibility index (Phi) is 81.1. The first-order chi connectivity index (χ1) is 16.2. The Labute approximate surface area is 257 Å². The highest BCUT2D eigenvalue weighted by molar-refractivity contribution is 4.79. The average Bonchev–Trinajstić information content (AvgIpc) is 2.83. The Hall–Kier alpha value is -0.480. The van der Waals surface area contributed by atoms with Gasteiger partial charge in [0.1, 0.15) is 0 Å². The van der Waals surface area contributed by atoms with Crippen molar-refractivity contribution < 1.29 is 37.9 Å². The summed E-state index contributed by atoms with van der Waals surface area (Å²) in [6.07, 6.45) is 0. The van der Waals surface area contributed by atoms with Gasteiger partial charge in [-0.15, -0.1) is 0 Å². The number of ether oxygens (including phenoxy) is 8. The molecule has 0 aromatic carbocycles. The van der Waals surface area contributed by atoms with E-state index in [0.29, 0.717) is 132 Å². The Morgan fingerprint density at radius 3 is 0.610 bits per heavy atom. The first-order valence-electron chi connectivity index (χ1n) is 11.7. The van der Waals surface area contributed by atoms with Crippen molar-refractivity contribution in [2.24, 2.45) is 28.3 Å². The minimum absolute atomic E-state index is 0. The molecule has 41 heavy (non-hydrogen) atoms. The van der Waals surface area contributed by atoms with E-state index < -0.39 is 5.41 Å². The fourth-order valence-electron chi connectivity index (χ4n) is 2.62. The molecule has 0 saturated carbocycles. The van der Waals surface area contributed by atoms with E-state index in [1.807, 2.05) is 0 Å². The zero-order chi connectivity index (χ0) is 24.3. The monoisotopic (exact) mass is 613 g/mol. The normalized spacial score (nSPS) is 9.66. The van der Waals surface area contributed by atoms with E-state index in [2.05, 4.69) is 0 Å². The van der Waals surface area contributed by atoms with Gasteiger partial charge >= 0.3 is 0 Å². The van der Waals surface area contributed by atoms with Gasteiger partial charge in [0, 0.05) is 26.2 Å². The van der Waals surface area contributed by atoms with Crippen molar-refractivity contribution in [1.29, 1.82) is 0 Å². The van der Waals surface area contributed by atoms with Crippen LogP contribution in [0.1, 0.15) is 59.4 Å². The van der Waals surface area contributed by atoms with Crippen molar-refractivity contribution in [3.63, 3.8) is 0 Å². The van der Waals surface area contributed by atoms with Crippen molar-refractivity contribution in [2.45, 2.75) is 59.4 Å². The molecule has 0 fully saturated rings. The zero-order valence-electron chi connectivity index (χ0n) is 20.2. The molecule has 0 saturated heterocycles. The van der Waals surface area contributed by atoms with Gasteiger partial charge in [-0.05, 0) is 0 Å². The van der Waals surface area contributed by atoms with E-state index in [1.165, 1.54) is 0 Å². The zero-order valence-corrected chi connectivity index (χ0v) is 20.2. The van der Waals surface area contributed by atoms with Gasteiger partial charge in [-0.25, -0.2) is 0 Å². The summed E-state index contributed by atoms with van der Waals surface area (Å²) in [5.41, 5.74) is 21.2. The van der Waals surface area contributed by atoms with E-state index in [9.17, 15) is 0 Å². The fourth-order valence-corrected chi connectivity index (χ4v) is 2.62. The molecule has 8 N–H and O–H groups in total. The molecule has 12 heteroatoms. The van der Waals surface area contributed by atoms with Crippen LogP contribution in [0.15, 0.2) is 0 Å². The third-order valence-corrected chi connectivity index (χ3v) is 4.17. The van der Waals surface area contributed by atoms with Gasteiger partial charge in [0.15, 0.2) is 0 Å². The Morgan fingerprint density at radius 1 is 0.268 bits per heavy atom. The minimum Gasteiger partial charge on any atom is -0.378 e. The number of rotatable bonds is 28. The number of hydrogen-bond acceptors (Lipinski definition) is 12. The Morgan fingerprint density at radius 2 is 0.439 bits per heavy atom. The predicted octanol–water partition coefficient (Wildman–Crippen LogP) is 3.03. The topological polar surface area (TPSA) is 178 Å². The summed E-state index contributed by atoms with van der Waals surface area (Å²) in [5, 5.41) is 0. The minimum atomic E-state index is -0.524. The molecular weight excluding hydrogens is 532 g/mol. The molecule has 0 aliphatic carbocycles. The highest BCUT2D eigenvalue weighted by Crippen LogP contribution is 2.21. The molecule has 0 aliphatic rings. The molecule has 0 spiro atoms. The Balaban J connectivity index is -0.000000183. The third kappa shape index (κ3) is 44.1. The summed E-state index contributed by atoms with van der Waals surface area (Å²) >= 11 is 0. The largest absolute Gasteiger partial charge is 0.378 e. The third-order valence-electron chi connectivity index (χ3n) is 4.17. The summed E-state index contributed by atoms with van der Waals surface area (Å²) < 4.78 is 45.1. The van der Waals surface area contributed by atoms with Gasteiger partial charge in [0.2, 0.25) is 0 Å². The molecule has 0 aliphatic heterocycles. The fraction of sp³-hybridized carbons (Fsp3) is 1.00. The van der Waals surface area contributed by atoms with E-state index >= 15 is 0 Å². The molecule has 12 nitrogen and oxygen atoms in total. The molecule has 264 valence electrons. The first-order valence-corrected chi connectivity index (χ1v) is 11.7. The van der Waals surface area contributed by atoms with E-state index in [4.69, 9.17) is 60.8 Å². The van der Waals surface area contributed by atoms with E-state index in [-0.39, 0.29) is 59.4 Å². The van der Waals surface area contributed by atoms with Crippen LogP contribution >= 0.6 is 0 Å². The second-order valence-electron chi connectivity index (χ2n) is 7.31. The van der Waals surface area contributed by atoms with Crippen LogP contribution in [0, 0.1) is 5.41 Å². The standard InChI is InChI=1S/C21H48N4O8.8CH4/c22-1-5-26-9-13-30-17-21(18-31-14-10-27-6-2-23,19-32-15-11-28-7-3-24)20-33-16-12-29-8-4-25;;;;;;;;/h1-20,22-25H2;8*1H4. The quantitative estimate of drug-likeness (QED) is 0.0951. The number of nitrogens with two attached hydrogens (primary N) is 4. The van der Waals surface area contributed by atoms with Crippen LogP contribution in [0.4, 0.5) is 0 Å². The van der Waals surface area contributed by atoms with Gasteiger partial charge in [-0.3, -0.25) is 0 Å².